The highest BCUT2D eigenvalue weighted by molar-refractivity contribution is 8.22. The molecular formula is C35H41ClN8O4S. The number of nitrogens with one attached hydrogen (secondary N) is 1. The van der Waals surface area contributed by atoms with Crippen molar-refractivity contribution in [3.63, 3.8) is 0 Å². The molecular weight excluding hydrogens is 664 g/mol. The summed E-state index contributed by atoms with van der Waals surface area (Å²) in [6, 6.07) is 13.5. The van der Waals surface area contributed by atoms with Gasteiger partial charge < -0.3 is 10.1 Å². The molecule has 0 saturated heterocycles. The number of carbonyl (C=O) groups is 1. The van der Waals surface area contributed by atoms with Crippen LogP contribution in [0, 0.1) is 19.3 Å². The lowest BCUT2D eigenvalue weighted by Gasteiger charge is -2.42. The number of aromatic nitrogens is 6. The summed E-state index contributed by atoms with van der Waals surface area (Å²) in [5.74, 6) is -0.444. The minimum Gasteiger partial charge on any atom is -0.472 e. The van der Waals surface area contributed by atoms with Crippen LogP contribution in [0.5, 0.6) is 5.88 Å². The van der Waals surface area contributed by atoms with E-state index in [1.165, 1.54) is 12.4 Å². The molecule has 12 nitrogen and oxygen atoms in total. The van der Waals surface area contributed by atoms with Gasteiger partial charge in [-0.15, -0.1) is 15.9 Å². The summed E-state index contributed by atoms with van der Waals surface area (Å²) in [6.07, 6.45) is 4.91. The second-order valence-electron chi connectivity index (χ2n) is 12.9. The first-order valence-corrected chi connectivity index (χ1v) is 18.1. The molecule has 5 aromatic rings. The Morgan fingerprint density at radius 3 is 2.59 bits per heavy atom. The maximum Gasteiger partial charge on any atom is 0.239 e. The van der Waals surface area contributed by atoms with Crippen molar-refractivity contribution >= 4 is 45.0 Å². The van der Waals surface area contributed by atoms with Gasteiger partial charge >= 0.3 is 0 Å². The molecule has 2 aromatic carbocycles. The molecule has 49 heavy (non-hydrogen) atoms. The third kappa shape index (κ3) is 6.61. The Balaban J connectivity index is 1.45. The minimum atomic E-state index is -3.43. The fraction of sp³-hybridized carbons (Fsp3) is 0.371. The number of nitrogens with zero attached hydrogens (tertiary/aromatic N) is 7. The van der Waals surface area contributed by atoms with Crippen molar-refractivity contribution in [1.82, 2.24) is 34.3 Å². The normalized spacial score (nSPS) is 17.5. The first-order valence-electron chi connectivity index (χ1n) is 16.2. The molecule has 258 valence electrons. The SMILES string of the molecule is CC[C@@H]1CN(Cc2cc([C@@H](c3ccc4c(nnn4CC)c3C)C(C)(C)C(=O)Nc3cnc(Cl)nc3)ccc2C)S(O)(O)c2cccnc2O1. The Hall–Kier alpha value is -4.14. The van der Waals surface area contributed by atoms with Gasteiger partial charge in [-0.05, 0) is 84.8 Å². The minimum absolute atomic E-state index is 0.0870. The van der Waals surface area contributed by atoms with Crippen LogP contribution in [0.15, 0.2) is 66.0 Å². The van der Waals surface area contributed by atoms with Crippen LogP contribution in [-0.2, 0) is 17.9 Å². The lowest BCUT2D eigenvalue weighted by molar-refractivity contribution is -0.124. The van der Waals surface area contributed by atoms with Gasteiger partial charge in [-0.25, -0.2) is 19.6 Å². The van der Waals surface area contributed by atoms with Gasteiger partial charge in [0.05, 0.1) is 35.6 Å². The molecule has 0 spiro atoms. The summed E-state index contributed by atoms with van der Waals surface area (Å²) < 4.78 is 33.0. The van der Waals surface area contributed by atoms with E-state index < -0.39 is 22.1 Å². The number of anilines is 1. The summed E-state index contributed by atoms with van der Waals surface area (Å²) in [4.78, 5) is 26.8. The monoisotopic (exact) mass is 704 g/mol. The summed E-state index contributed by atoms with van der Waals surface area (Å²) in [6.45, 7) is 13.1. The van der Waals surface area contributed by atoms with E-state index in [4.69, 9.17) is 16.3 Å². The fourth-order valence-electron chi connectivity index (χ4n) is 6.45. The predicted molar refractivity (Wildman–Crippen MR) is 191 cm³/mol. The number of ether oxygens (including phenoxy) is 1. The van der Waals surface area contributed by atoms with E-state index >= 15 is 0 Å². The quantitative estimate of drug-likeness (QED) is 0.132. The molecule has 1 aliphatic rings. The number of hydrogen-bond donors (Lipinski definition) is 3. The van der Waals surface area contributed by atoms with Crippen molar-refractivity contribution in [3.8, 4) is 5.88 Å². The zero-order valence-corrected chi connectivity index (χ0v) is 30.0. The molecule has 3 N–H and O–H groups in total. The van der Waals surface area contributed by atoms with Crippen LogP contribution in [0.1, 0.15) is 67.9 Å². The third-order valence-electron chi connectivity index (χ3n) is 9.36. The zero-order valence-electron chi connectivity index (χ0n) is 28.4. The first kappa shape index (κ1) is 34.7. The Morgan fingerprint density at radius 1 is 1.12 bits per heavy atom. The average Bonchev–Trinajstić information content (AvgIpc) is 3.47. The predicted octanol–water partition coefficient (Wildman–Crippen LogP) is 7.40. The molecule has 0 unspecified atom stereocenters. The Bertz CT molecular complexity index is 2000. The van der Waals surface area contributed by atoms with Crippen molar-refractivity contribution in [1.29, 1.82) is 0 Å². The standard InChI is InChI=1S/C35H41ClN8O4S/c1-7-26-20-43(49(46,47)29-10-9-15-37-32(29)48-26)19-24-16-23(12-11-21(24)3)30(27-13-14-28-31(22(27)4)41-42-44(28)8-2)35(5,6)33(45)40-25-17-38-34(36)39-18-25/h9-18,26,30,46-47H,7-8,19-20H2,1-6H3,(H,40,45)/t26-,30+/m1/s1. The molecule has 0 bridgehead atoms. The fourth-order valence-corrected chi connectivity index (χ4v) is 8.12. The van der Waals surface area contributed by atoms with Crippen LogP contribution in [0.3, 0.4) is 0 Å². The largest absolute Gasteiger partial charge is 0.472 e. The number of fused-ring (bicyclic) bond motifs is 2. The Morgan fingerprint density at radius 2 is 1.88 bits per heavy atom. The van der Waals surface area contributed by atoms with Gasteiger partial charge in [0.15, 0.2) is 0 Å². The highest BCUT2D eigenvalue weighted by Crippen LogP contribution is 2.57. The lowest BCUT2D eigenvalue weighted by Crippen LogP contribution is -2.37. The maximum atomic E-state index is 14.2. The number of halogens is 1. The van der Waals surface area contributed by atoms with Crippen LogP contribution in [0.25, 0.3) is 11.0 Å². The molecule has 2 atom stereocenters. The lowest BCUT2D eigenvalue weighted by atomic mass is 9.69. The second kappa shape index (κ2) is 13.6. The number of pyridine rings is 1. The first-order chi connectivity index (χ1) is 23.3. The van der Waals surface area contributed by atoms with Crippen LogP contribution >= 0.6 is 22.4 Å². The zero-order chi connectivity index (χ0) is 35.1. The third-order valence-corrected chi connectivity index (χ3v) is 11.5. The number of rotatable bonds is 9. The highest BCUT2D eigenvalue weighted by Gasteiger charge is 2.41. The second-order valence-corrected chi connectivity index (χ2v) is 15.2. The van der Waals surface area contributed by atoms with Crippen LogP contribution < -0.4 is 10.1 Å². The molecule has 6 rings (SSSR count). The average molecular weight is 705 g/mol. The van der Waals surface area contributed by atoms with Crippen LogP contribution in [0.4, 0.5) is 5.69 Å². The highest BCUT2D eigenvalue weighted by atomic mass is 35.5. The summed E-state index contributed by atoms with van der Waals surface area (Å²) in [5, 5.41) is 11.9. The molecule has 0 saturated carbocycles. The van der Waals surface area contributed by atoms with Gasteiger partial charge in [0.1, 0.15) is 16.5 Å². The summed E-state index contributed by atoms with van der Waals surface area (Å²) in [7, 11) is -3.43. The van der Waals surface area contributed by atoms with Gasteiger partial charge in [0.2, 0.25) is 17.1 Å². The number of amides is 1. The van der Waals surface area contributed by atoms with Crippen LogP contribution in [-0.4, -0.2) is 61.9 Å². The molecule has 4 heterocycles. The van der Waals surface area contributed by atoms with Crippen molar-refractivity contribution < 1.29 is 18.6 Å². The van der Waals surface area contributed by atoms with E-state index in [0.717, 1.165) is 38.9 Å². The summed E-state index contributed by atoms with van der Waals surface area (Å²) >= 11 is 5.90. The smallest absolute Gasteiger partial charge is 0.239 e. The number of hydrogen-bond acceptors (Lipinski definition) is 10. The number of benzene rings is 2. The van der Waals surface area contributed by atoms with E-state index in [1.54, 1.807) is 22.6 Å². The maximum absolute atomic E-state index is 14.2. The van der Waals surface area contributed by atoms with Gasteiger partial charge in [0.25, 0.3) is 0 Å². The number of carbonyl (C=O) groups excluding carboxylic acids is 1. The van der Waals surface area contributed by atoms with Gasteiger partial charge in [-0.1, -0.05) is 50.3 Å². The number of aryl methyl sites for hydroxylation is 3. The van der Waals surface area contributed by atoms with Crippen molar-refractivity contribution in [3.05, 3.63) is 94.2 Å². The van der Waals surface area contributed by atoms with Crippen LogP contribution in [0.2, 0.25) is 5.28 Å². The molecule has 1 aliphatic heterocycles. The van der Waals surface area contributed by atoms with Crippen molar-refractivity contribution in [2.24, 2.45) is 5.41 Å². The molecule has 0 radical (unpaired) electrons. The van der Waals surface area contributed by atoms with Gasteiger partial charge in [-0.3, -0.25) is 13.9 Å². The Labute approximate surface area is 292 Å². The molecule has 14 heteroatoms. The van der Waals surface area contributed by atoms with E-state index in [2.05, 4.69) is 42.7 Å². The molecule has 3 aromatic heterocycles. The van der Waals surface area contributed by atoms with Crippen molar-refractivity contribution in [2.45, 2.75) is 78.0 Å². The van der Waals surface area contributed by atoms with Gasteiger partial charge in [-0.2, -0.15) is 4.31 Å². The molecule has 0 aliphatic carbocycles. The van der Waals surface area contributed by atoms with E-state index in [9.17, 15) is 13.9 Å². The van der Waals surface area contributed by atoms with Gasteiger partial charge in [0, 0.05) is 25.2 Å². The van der Waals surface area contributed by atoms with E-state index in [0.29, 0.717) is 25.2 Å². The molecule has 0 fully saturated rings. The topological polar surface area (TPSA) is 151 Å². The Kier molecular flexibility index (Phi) is 9.66. The van der Waals surface area contributed by atoms with Crippen molar-refractivity contribution in [2.75, 3.05) is 11.9 Å². The van der Waals surface area contributed by atoms with E-state index in [-0.39, 0.29) is 34.6 Å². The summed E-state index contributed by atoms with van der Waals surface area (Å²) in [5.41, 5.74) is 5.71. The van der Waals surface area contributed by atoms with E-state index in [1.807, 2.05) is 64.4 Å². The molecule has 1 amide bonds.